The van der Waals surface area contributed by atoms with Gasteiger partial charge in [-0.15, -0.1) is 5.10 Å². The minimum absolute atomic E-state index is 0.307. The molecule has 18 heavy (non-hydrogen) atoms. The molecule has 1 rings (SSSR count). The number of carbonyl (C=O) groups is 1. The van der Waals surface area contributed by atoms with Crippen LogP contribution in [-0.4, -0.2) is 21.5 Å². The van der Waals surface area contributed by atoms with Gasteiger partial charge in [0.25, 0.3) is 5.88 Å². The fourth-order valence-corrected chi connectivity index (χ4v) is 1.74. The van der Waals surface area contributed by atoms with Crippen LogP contribution in [0.2, 0.25) is 0 Å². The zero-order valence-corrected chi connectivity index (χ0v) is 10.5. The van der Waals surface area contributed by atoms with Gasteiger partial charge in [-0.1, -0.05) is 39.0 Å². The van der Waals surface area contributed by atoms with E-state index in [-0.39, 0.29) is 0 Å². The van der Waals surface area contributed by atoms with Gasteiger partial charge in [-0.25, -0.2) is 4.79 Å². The molecular formula is C12H19FN2O3. The van der Waals surface area contributed by atoms with Crippen molar-refractivity contribution in [3.63, 3.8) is 0 Å². The van der Waals surface area contributed by atoms with Crippen molar-refractivity contribution in [2.24, 2.45) is 0 Å². The number of ether oxygens (including phenoxy) is 1. The SMILES string of the molecule is CCCCCCCCc1[nH]nc(OC(=O)O)c1F. The number of halogens is 1. The predicted molar refractivity (Wildman–Crippen MR) is 64.3 cm³/mol. The van der Waals surface area contributed by atoms with E-state index < -0.39 is 17.9 Å². The second-order valence-corrected chi connectivity index (χ2v) is 4.21. The number of rotatable bonds is 8. The quantitative estimate of drug-likeness (QED) is 0.552. The first-order valence-corrected chi connectivity index (χ1v) is 6.28. The lowest BCUT2D eigenvalue weighted by atomic mass is 10.1. The molecule has 6 heteroatoms. The van der Waals surface area contributed by atoms with Gasteiger partial charge < -0.3 is 9.84 Å². The van der Waals surface area contributed by atoms with Gasteiger partial charge in [0.1, 0.15) is 0 Å². The van der Waals surface area contributed by atoms with Crippen LogP contribution < -0.4 is 4.74 Å². The van der Waals surface area contributed by atoms with Crippen LogP contribution in [-0.2, 0) is 6.42 Å². The molecule has 0 aliphatic carbocycles. The summed E-state index contributed by atoms with van der Waals surface area (Å²) >= 11 is 0. The molecule has 5 nitrogen and oxygen atoms in total. The largest absolute Gasteiger partial charge is 0.512 e. The summed E-state index contributed by atoms with van der Waals surface area (Å²) in [6.07, 6.45) is 5.63. The van der Waals surface area contributed by atoms with Gasteiger partial charge in [0.05, 0.1) is 5.69 Å². The van der Waals surface area contributed by atoms with Gasteiger partial charge in [0.15, 0.2) is 0 Å². The smallest absolute Gasteiger partial charge is 0.449 e. The summed E-state index contributed by atoms with van der Waals surface area (Å²) in [6, 6.07) is 0. The summed E-state index contributed by atoms with van der Waals surface area (Å²) in [5.41, 5.74) is 0.307. The molecule has 0 aromatic carbocycles. The Morgan fingerprint density at radius 1 is 1.33 bits per heavy atom. The second kappa shape index (κ2) is 7.68. The molecule has 2 N–H and O–H groups in total. The van der Waals surface area contributed by atoms with Crippen LogP contribution in [0.3, 0.4) is 0 Å². The third-order valence-corrected chi connectivity index (χ3v) is 2.71. The molecule has 1 aromatic heterocycles. The van der Waals surface area contributed by atoms with Crippen molar-refractivity contribution in [2.45, 2.75) is 51.9 Å². The standard InChI is InChI=1S/C12H19FN2O3/c1-2-3-4-5-6-7-8-9-10(13)11(15-14-9)18-12(16)17/h2-8H2,1H3,(H,14,15)(H,16,17). The Morgan fingerprint density at radius 3 is 2.67 bits per heavy atom. The molecule has 0 aliphatic rings. The minimum Gasteiger partial charge on any atom is -0.449 e. The highest BCUT2D eigenvalue weighted by Gasteiger charge is 2.16. The van der Waals surface area contributed by atoms with Crippen molar-refractivity contribution in [3.8, 4) is 5.88 Å². The molecule has 1 aromatic rings. The van der Waals surface area contributed by atoms with Crippen LogP contribution in [0.1, 0.15) is 51.1 Å². The molecule has 0 bridgehead atoms. The van der Waals surface area contributed by atoms with Crippen molar-refractivity contribution in [3.05, 3.63) is 11.5 Å². The Morgan fingerprint density at radius 2 is 2.00 bits per heavy atom. The van der Waals surface area contributed by atoms with Gasteiger partial charge in [-0.2, -0.15) is 4.39 Å². The van der Waals surface area contributed by atoms with Crippen molar-refractivity contribution in [1.82, 2.24) is 10.2 Å². The number of aromatic nitrogens is 2. The molecule has 1 heterocycles. The van der Waals surface area contributed by atoms with E-state index in [0.717, 1.165) is 19.3 Å². The highest BCUT2D eigenvalue weighted by Crippen LogP contribution is 2.19. The lowest BCUT2D eigenvalue weighted by Gasteiger charge is -1.99. The maximum Gasteiger partial charge on any atom is 0.512 e. The highest BCUT2D eigenvalue weighted by atomic mass is 19.1. The normalized spacial score (nSPS) is 10.6. The zero-order valence-electron chi connectivity index (χ0n) is 10.5. The van der Waals surface area contributed by atoms with Crippen molar-refractivity contribution in [2.75, 3.05) is 0 Å². The molecule has 0 unspecified atom stereocenters. The summed E-state index contributed by atoms with van der Waals surface area (Å²) in [4.78, 5) is 10.2. The molecule has 0 fully saturated rings. The molecule has 102 valence electrons. The summed E-state index contributed by atoms with van der Waals surface area (Å²) in [5.74, 6) is -1.20. The first-order chi connectivity index (χ1) is 8.65. The van der Waals surface area contributed by atoms with E-state index in [1.165, 1.54) is 19.3 Å². The van der Waals surface area contributed by atoms with Crippen LogP contribution >= 0.6 is 0 Å². The molecule has 0 saturated heterocycles. The molecule has 0 atom stereocenters. The first kappa shape index (κ1) is 14.5. The highest BCUT2D eigenvalue weighted by molar-refractivity contribution is 5.60. The van der Waals surface area contributed by atoms with E-state index in [2.05, 4.69) is 21.9 Å². The van der Waals surface area contributed by atoms with Gasteiger partial charge in [-0.05, 0) is 12.8 Å². The number of nitrogens with zero attached hydrogens (tertiary/aromatic N) is 1. The Hall–Kier alpha value is -1.59. The number of aromatic amines is 1. The Bertz CT molecular complexity index is 379. The molecule has 0 radical (unpaired) electrons. The Balaban J connectivity index is 2.30. The van der Waals surface area contributed by atoms with E-state index in [1.807, 2.05) is 0 Å². The lowest BCUT2D eigenvalue weighted by molar-refractivity contribution is 0.140. The second-order valence-electron chi connectivity index (χ2n) is 4.21. The topological polar surface area (TPSA) is 75.2 Å². The average Bonchev–Trinajstić information content (AvgIpc) is 2.65. The average molecular weight is 258 g/mol. The number of hydrogen-bond donors (Lipinski definition) is 2. The third kappa shape index (κ3) is 4.73. The number of H-pyrrole nitrogens is 1. The Kier molecular flexibility index (Phi) is 6.18. The van der Waals surface area contributed by atoms with E-state index >= 15 is 0 Å². The summed E-state index contributed by atoms with van der Waals surface area (Å²) < 4.78 is 17.7. The van der Waals surface area contributed by atoms with E-state index in [1.54, 1.807) is 0 Å². The minimum atomic E-state index is -1.56. The predicted octanol–water partition coefficient (Wildman–Crippen LogP) is 3.51. The van der Waals surface area contributed by atoms with Gasteiger partial charge in [0.2, 0.25) is 5.82 Å². The fraction of sp³-hybridized carbons (Fsp3) is 0.667. The van der Waals surface area contributed by atoms with Crippen LogP contribution in [0.15, 0.2) is 0 Å². The van der Waals surface area contributed by atoms with E-state index in [0.29, 0.717) is 12.1 Å². The van der Waals surface area contributed by atoms with E-state index in [4.69, 9.17) is 5.11 Å². The number of aryl methyl sites for hydroxylation is 1. The van der Waals surface area contributed by atoms with E-state index in [9.17, 15) is 9.18 Å². The molecule has 0 aliphatic heterocycles. The summed E-state index contributed by atoms with van der Waals surface area (Å²) in [6.45, 7) is 2.16. The first-order valence-electron chi connectivity index (χ1n) is 6.28. The van der Waals surface area contributed by atoms with Crippen LogP contribution in [0.4, 0.5) is 9.18 Å². The molecular weight excluding hydrogens is 239 g/mol. The van der Waals surface area contributed by atoms with Crippen LogP contribution in [0.5, 0.6) is 5.88 Å². The van der Waals surface area contributed by atoms with Gasteiger partial charge in [0, 0.05) is 0 Å². The van der Waals surface area contributed by atoms with Crippen molar-refractivity contribution >= 4 is 6.16 Å². The summed E-state index contributed by atoms with van der Waals surface area (Å²) in [5, 5.41) is 14.3. The number of hydrogen-bond acceptors (Lipinski definition) is 3. The van der Waals surface area contributed by atoms with Gasteiger partial charge in [-0.3, -0.25) is 5.10 Å². The molecule has 0 saturated carbocycles. The Labute approximate surface area is 105 Å². The van der Waals surface area contributed by atoms with Crippen LogP contribution in [0, 0.1) is 5.82 Å². The number of nitrogens with one attached hydrogen (secondary N) is 1. The zero-order chi connectivity index (χ0) is 13.4. The molecule has 0 amide bonds. The van der Waals surface area contributed by atoms with Gasteiger partial charge >= 0.3 is 6.16 Å². The van der Waals surface area contributed by atoms with Crippen molar-refractivity contribution < 1.29 is 19.0 Å². The van der Waals surface area contributed by atoms with Crippen LogP contribution in [0.25, 0.3) is 0 Å². The van der Waals surface area contributed by atoms with Crippen molar-refractivity contribution in [1.29, 1.82) is 0 Å². The maximum atomic E-state index is 13.5. The fourth-order valence-electron chi connectivity index (χ4n) is 1.74. The monoisotopic (exact) mass is 258 g/mol. The summed E-state index contributed by atoms with van der Waals surface area (Å²) in [7, 11) is 0. The number of unbranched alkanes of at least 4 members (excludes halogenated alkanes) is 5. The lowest BCUT2D eigenvalue weighted by Crippen LogP contribution is -2.04. The third-order valence-electron chi connectivity index (χ3n) is 2.71. The molecule has 0 spiro atoms. The maximum absolute atomic E-state index is 13.5. The number of carboxylic acid groups (broad SMARTS) is 1.